The van der Waals surface area contributed by atoms with Crippen LogP contribution in [0.1, 0.15) is 32.1 Å². The molecule has 1 N–H and O–H groups in total. The molecule has 1 aromatic heterocycles. The second-order valence-corrected chi connectivity index (χ2v) is 7.45. The zero-order valence-electron chi connectivity index (χ0n) is 10.4. The Kier molecular flexibility index (Phi) is 6.62. The highest BCUT2D eigenvalue weighted by Gasteiger charge is 2.05. The normalized spacial score (nSPS) is 13.3. The van der Waals surface area contributed by atoms with Gasteiger partial charge in [-0.15, -0.1) is 11.3 Å². The van der Waals surface area contributed by atoms with E-state index in [4.69, 9.17) is 0 Å². The van der Waals surface area contributed by atoms with Crippen molar-refractivity contribution in [3.8, 4) is 0 Å². The molecule has 1 nitrogen and oxygen atoms in total. The molecule has 1 aromatic rings. The minimum atomic E-state index is 0.753. The summed E-state index contributed by atoms with van der Waals surface area (Å²) in [4.78, 5) is 1.49. The highest BCUT2D eigenvalue weighted by atomic mass is 79.9. The van der Waals surface area contributed by atoms with E-state index in [2.05, 4.69) is 54.2 Å². The highest BCUT2D eigenvalue weighted by molar-refractivity contribution is 9.11. The van der Waals surface area contributed by atoms with Gasteiger partial charge >= 0.3 is 0 Å². The minimum absolute atomic E-state index is 0.753. The lowest BCUT2D eigenvalue weighted by molar-refractivity contribution is 0.476. The van der Waals surface area contributed by atoms with E-state index < -0.39 is 0 Å². The fraction of sp³-hybridized carbons (Fsp3) is 0.692. The van der Waals surface area contributed by atoms with Crippen molar-refractivity contribution in [3.05, 3.63) is 20.8 Å². The zero-order chi connectivity index (χ0) is 12.0. The fourth-order valence-electron chi connectivity index (χ4n) is 1.65. The lowest BCUT2D eigenvalue weighted by Crippen LogP contribution is -2.22. The Bertz CT molecular complexity index is 296. The molecule has 92 valence electrons. The summed E-state index contributed by atoms with van der Waals surface area (Å²) in [6, 6.07) is 4.37. The van der Waals surface area contributed by atoms with Gasteiger partial charge in [0.15, 0.2) is 0 Å². The maximum Gasteiger partial charge on any atom is 0.0701 e. The SMILES string of the molecule is CC(C)CNCCC(C)Cc1ccc(Br)s1. The number of thiophene rings is 1. The number of nitrogens with one attached hydrogen (secondary N) is 1. The van der Waals surface area contributed by atoms with E-state index in [9.17, 15) is 0 Å². The summed E-state index contributed by atoms with van der Waals surface area (Å²) in [7, 11) is 0. The first kappa shape index (κ1) is 14.2. The highest BCUT2D eigenvalue weighted by Crippen LogP contribution is 2.24. The molecule has 0 saturated heterocycles. The Hall–Kier alpha value is 0.140. The standard InChI is InChI=1S/C13H22BrNS/c1-10(2)9-15-7-6-11(3)8-12-4-5-13(14)16-12/h4-5,10-11,15H,6-9H2,1-3H3. The number of rotatable bonds is 7. The van der Waals surface area contributed by atoms with Crippen LogP contribution >= 0.6 is 27.3 Å². The van der Waals surface area contributed by atoms with Crippen molar-refractivity contribution in [2.75, 3.05) is 13.1 Å². The van der Waals surface area contributed by atoms with Crippen molar-refractivity contribution in [3.63, 3.8) is 0 Å². The Morgan fingerprint density at radius 3 is 2.62 bits per heavy atom. The maximum absolute atomic E-state index is 3.51. The molecule has 0 spiro atoms. The van der Waals surface area contributed by atoms with Crippen LogP contribution in [0.3, 0.4) is 0 Å². The molecule has 16 heavy (non-hydrogen) atoms. The van der Waals surface area contributed by atoms with Gasteiger partial charge in [-0.3, -0.25) is 0 Å². The first-order chi connectivity index (χ1) is 7.58. The van der Waals surface area contributed by atoms with Gasteiger partial charge in [-0.1, -0.05) is 20.8 Å². The summed E-state index contributed by atoms with van der Waals surface area (Å²) in [6.07, 6.45) is 2.47. The van der Waals surface area contributed by atoms with Crippen molar-refractivity contribution in [1.82, 2.24) is 5.32 Å². The topological polar surface area (TPSA) is 12.0 Å². The van der Waals surface area contributed by atoms with Crippen molar-refractivity contribution >= 4 is 27.3 Å². The molecule has 1 heterocycles. The number of hydrogen-bond donors (Lipinski definition) is 1. The van der Waals surface area contributed by atoms with Crippen molar-refractivity contribution < 1.29 is 0 Å². The Morgan fingerprint density at radius 1 is 1.31 bits per heavy atom. The van der Waals surface area contributed by atoms with Gasteiger partial charge in [0.25, 0.3) is 0 Å². The van der Waals surface area contributed by atoms with Crippen LogP contribution in [0.4, 0.5) is 0 Å². The predicted molar refractivity (Wildman–Crippen MR) is 77.2 cm³/mol. The van der Waals surface area contributed by atoms with Crippen LogP contribution in [0.2, 0.25) is 0 Å². The van der Waals surface area contributed by atoms with Crippen LogP contribution in [0, 0.1) is 11.8 Å². The van der Waals surface area contributed by atoms with E-state index >= 15 is 0 Å². The van der Waals surface area contributed by atoms with Gasteiger partial charge in [0, 0.05) is 4.88 Å². The first-order valence-corrected chi connectivity index (χ1v) is 7.63. The van der Waals surface area contributed by atoms with Crippen LogP contribution < -0.4 is 5.32 Å². The molecule has 0 aromatic carbocycles. The van der Waals surface area contributed by atoms with Gasteiger partial charge in [0.1, 0.15) is 0 Å². The Balaban J connectivity index is 2.13. The molecule has 0 aliphatic heterocycles. The summed E-state index contributed by atoms with van der Waals surface area (Å²) in [5, 5.41) is 3.50. The molecule has 1 unspecified atom stereocenters. The molecule has 3 heteroatoms. The van der Waals surface area contributed by atoms with Crippen LogP contribution in [-0.4, -0.2) is 13.1 Å². The lowest BCUT2D eigenvalue weighted by atomic mass is 10.0. The van der Waals surface area contributed by atoms with E-state index in [1.807, 2.05) is 11.3 Å². The van der Waals surface area contributed by atoms with Crippen molar-refractivity contribution in [2.45, 2.75) is 33.6 Å². The minimum Gasteiger partial charge on any atom is -0.316 e. The first-order valence-electron chi connectivity index (χ1n) is 6.03. The summed E-state index contributed by atoms with van der Waals surface area (Å²) in [5.41, 5.74) is 0. The monoisotopic (exact) mass is 303 g/mol. The molecule has 0 amide bonds. The van der Waals surface area contributed by atoms with E-state index in [-0.39, 0.29) is 0 Å². The molecule has 0 bridgehead atoms. The second kappa shape index (κ2) is 7.46. The molecule has 0 aliphatic carbocycles. The van der Waals surface area contributed by atoms with Gasteiger partial charge in [-0.05, 0) is 65.8 Å². The van der Waals surface area contributed by atoms with Gasteiger partial charge in [-0.25, -0.2) is 0 Å². The summed E-state index contributed by atoms with van der Waals surface area (Å²) >= 11 is 5.36. The van der Waals surface area contributed by atoms with E-state index in [0.29, 0.717) is 0 Å². The van der Waals surface area contributed by atoms with Crippen LogP contribution in [0.15, 0.2) is 15.9 Å². The maximum atomic E-state index is 3.51. The van der Waals surface area contributed by atoms with Crippen LogP contribution in [-0.2, 0) is 6.42 Å². The van der Waals surface area contributed by atoms with Crippen molar-refractivity contribution in [2.24, 2.45) is 11.8 Å². The average Bonchev–Trinajstić information content (AvgIpc) is 2.58. The molecule has 1 rings (SSSR count). The average molecular weight is 304 g/mol. The quantitative estimate of drug-likeness (QED) is 0.740. The number of halogens is 1. The summed E-state index contributed by atoms with van der Waals surface area (Å²) in [6.45, 7) is 9.12. The zero-order valence-corrected chi connectivity index (χ0v) is 12.8. The van der Waals surface area contributed by atoms with Crippen LogP contribution in [0.25, 0.3) is 0 Å². The lowest BCUT2D eigenvalue weighted by Gasteiger charge is -2.12. The van der Waals surface area contributed by atoms with Gasteiger partial charge in [0.05, 0.1) is 3.79 Å². The second-order valence-electron chi connectivity index (χ2n) is 4.90. The Labute approximate surface area is 112 Å². The molecule has 0 radical (unpaired) electrons. The third-order valence-electron chi connectivity index (χ3n) is 2.55. The van der Waals surface area contributed by atoms with Crippen molar-refractivity contribution in [1.29, 1.82) is 0 Å². The van der Waals surface area contributed by atoms with E-state index in [0.717, 1.165) is 24.9 Å². The van der Waals surface area contributed by atoms with E-state index in [1.165, 1.54) is 21.5 Å². The largest absolute Gasteiger partial charge is 0.316 e. The fourth-order valence-corrected chi connectivity index (χ4v) is 3.29. The third-order valence-corrected chi connectivity index (χ3v) is 4.19. The predicted octanol–water partition coefficient (Wildman–Crippen LogP) is 4.32. The molecule has 0 aliphatic rings. The molecule has 1 atom stereocenters. The Morgan fingerprint density at radius 2 is 2.06 bits per heavy atom. The molecular weight excluding hydrogens is 282 g/mol. The van der Waals surface area contributed by atoms with Gasteiger partial charge in [0.2, 0.25) is 0 Å². The molecule has 0 saturated carbocycles. The molecular formula is C13H22BrNS. The van der Waals surface area contributed by atoms with Gasteiger partial charge < -0.3 is 5.32 Å². The third kappa shape index (κ3) is 6.02. The van der Waals surface area contributed by atoms with Crippen LogP contribution in [0.5, 0.6) is 0 Å². The summed E-state index contributed by atoms with van der Waals surface area (Å²) < 4.78 is 1.24. The summed E-state index contributed by atoms with van der Waals surface area (Å²) in [5.74, 6) is 1.52. The number of hydrogen-bond acceptors (Lipinski definition) is 2. The van der Waals surface area contributed by atoms with E-state index in [1.54, 1.807) is 0 Å². The van der Waals surface area contributed by atoms with Gasteiger partial charge in [-0.2, -0.15) is 0 Å². The molecule has 0 fully saturated rings. The smallest absolute Gasteiger partial charge is 0.0701 e.